The number of aromatic amines is 1. The van der Waals surface area contributed by atoms with Crippen molar-refractivity contribution in [1.82, 2.24) is 14.8 Å². The van der Waals surface area contributed by atoms with E-state index in [1.54, 1.807) is 10.6 Å². The van der Waals surface area contributed by atoms with Crippen LogP contribution in [-0.2, 0) is 0 Å². The Morgan fingerprint density at radius 3 is 3.00 bits per heavy atom. The summed E-state index contributed by atoms with van der Waals surface area (Å²) in [5.74, 6) is 0. The zero-order valence-corrected chi connectivity index (χ0v) is 12.2. The fourth-order valence-corrected chi connectivity index (χ4v) is 3.12. The molecule has 1 aliphatic carbocycles. The van der Waals surface area contributed by atoms with Crippen LogP contribution in [0.3, 0.4) is 0 Å². The average molecular weight is 337 g/mol. The minimum absolute atomic E-state index is 0.180. The molecule has 1 aromatic carbocycles. The van der Waals surface area contributed by atoms with Gasteiger partial charge in [-0.3, -0.25) is 4.57 Å². The second-order valence-electron chi connectivity index (χ2n) is 4.27. The molecular formula is C12H9BrN4OS. The highest BCUT2D eigenvalue weighted by Crippen LogP contribution is 2.38. The summed E-state index contributed by atoms with van der Waals surface area (Å²) in [6, 6.07) is 7.89. The molecule has 3 rings (SSSR count). The van der Waals surface area contributed by atoms with E-state index in [1.165, 1.54) is 11.8 Å². The van der Waals surface area contributed by atoms with E-state index in [0.717, 1.165) is 22.2 Å². The van der Waals surface area contributed by atoms with Crippen molar-refractivity contribution in [2.75, 3.05) is 0 Å². The van der Waals surface area contributed by atoms with Gasteiger partial charge in [0.2, 0.25) is 0 Å². The van der Waals surface area contributed by atoms with Crippen LogP contribution in [0.4, 0.5) is 0 Å². The van der Waals surface area contributed by atoms with Gasteiger partial charge in [-0.15, -0.1) is 5.10 Å². The van der Waals surface area contributed by atoms with E-state index in [1.807, 2.05) is 12.1 Å². The smallest absolute Gasteiger partial charge is 0.267 e. The summed E-state index contributed by atoms with van der Waals surface area (Å²) in [7, 11) is 0. The van der Waals surface area contributed by atoms with Crippen LogP contribution in [0.1, 0.15) is 24.4 Å². The van der Waals surface area contributed by atoms with Crippen molar-refractivity contribution in [2.45, 2.75) is 28.9 Å². The molecule has 1 fully saturated rings. The third-order valence-corrected chi connectivity index (χ3v) is 4.39. The second-order valence-corrected chi connectivity index (χ2v) is 6.19. The lowest BCUT2D eigenvalue weighted by Gasteiger charge is -2.05. The third kappa shape index (κ3) is 2.46. The maximum Gasteiger partial charge on any atom is 0.344 e. The molecule has 0 atom stereocenters. The number of aromatic nitrogens is 3. The van der Waals surface area contributed by atoms with Crippen LogP contribution in [0.5, 0.6) is 0 Å². The molecule has 1 N–H and O–H groups in total. The average Bonchev–Trinajstić information content (AvgIpc) is 3.17. The molecule has 0 spiro atoms. The number of nitrogens with one attached hydrogen (secondary N) is 1. The lowest BCUT2D eigenvalue weighted by molar-refractivity contribution is 0.642. The maximum absolute atomic E-state index is 11.7. The van der Waals surface area contributed by atoms with Crippen molar-refractivity contribution in [3.63, 3.8) is 0 Å². The van der Waals surface area contributed by atoms with Gasteiger partial charge in [0, 0.05) is 15.4 Å². The van der Waals surface area contributed by atoms with Gasteiger partial charge >= 0.3 is 5.69 Å². The predicted molar refractivity (Wildman–Crippen MR) is 74.1 cm³/mol. The molecule has 1 aromatic heterocycles. The third-order valence-electron chi connectivity index (χ3n) is 2.85. The summed E-state index contributed by atoms with van der Waals surface area (Å²) >= 11 is 4.68. The van der Waals surface area contributed by atoms with Crippen molar-refractivity contribution < 1.29 is 0 Å². The number of rotatable bonds is 3. The Morgan fingerprint density at radius 1 is 1.53 bits per heavy atom. The Kier molecular flexibility index (Phi) is 3.21. The number of H-pyrrole nitrogens is 1. The molecule has 19 heavy (non-hydrogen) atoms. The molecule has 2 aromatic rings. The number of hydrogen-bond acceptors (Lipinski definition) is 4. The summed E-state index contributed by atoms with van der Waals surface area (Å²) in [4.78, 5) is 12.5. The summed E-state index contributed by atoms with van der Waals surface area (Å²) in [5.41, 5.74) is 0.387. The quantitative estimate of drug-likeness (QED) is 0.934. The van der Waals surface area contributed by atoms with Crippen LogP contribution in [0.2, 0.25) is 0 Å². The Morgan fingerprint density at radius 2 is 2.32 bits per heavy atom. The standard InChI is InChI=1S/C12H9BrN4OS/c13-8-1-4-10(7(5-8)6-14)19-12-16-15-11(18)17(12)9-2-3-9/h1,4-5,9H,2-3H2,(H,15,18). The number of halogens is 1. The minimum Gasteiger partial charge on any atom is -0.267 e. The van der Waals surface area contributed by atoms with Crippen LogP contribution in [0.15, 0.2) is 37.5 Å². The van der Waals surface area contributed by atoms with Crippen LogP contribution in [-0.4, -0.2) is 14.8 Å². The lowest BCUT2D eigenvalue weighted by Crippen LogP contribution is -2.16. The van der Waals surface area contributed by atoms with Gasteiger partial charge in [0.25, 0.3) is 0 Å². The van der Waals surface area contributed by atoms with E-state index >= 15 is 0 Å². The van der Waals surface area contributed by atoms with Crippen LogP contribution in [0.25, 0.3) is 0 Å². The second kappa shape index (κ2) is 4.87. The van der Waals surface area contributed by atoms with Crippen molar-refractivity contribution >= 4 is 27.7 Å². The lowest BCUT2D eigenvalue weighted by atomic mass is 10.2. The largest absolute Gasteiger partial charge is 0.344 e. The van der Waals surface area contributed by atoms with Gasteiger partial charge in [0.15, 0.2) is 5.16 Å². The Labute approximate surface area is 121 Å². The first-order chi connectivity index (χ1) is 9.19. The van der Waals surface area contributed by atoms with Gasteiger partial charge in [-0.05, 0) is 42.8 Å². The fourth-order valence-electron chi connectivity index (χ4n) is 1.79. The molecular weight excluding hydrogens is 328 g/mol. The SMILES string of the molecule is N#Cc1cc(Br)ccc1Sc1n[nH]c(=O)n1C1CC1. The van der Waals surface area contributed by atoms with Gasteiger partial charge in [0.1, 0.15) is 6.07 Å². The van der Waals surface area contributed by atoms with E-state index < -0.39 is 0 Å². The first-order valence-electron chi connectivity index (χ1n) is 5.73. The van der Waals surface area contributed by atoms with Gasteiger partial charge < -0.3 is 0 Å². The maximum atomic E-state index is 11.7. The van der Waals surface area contributed by atoms with E-state index in [2.05, 4.69) is 32.2 Å². The zero-order valence-electron chi connectivity index (χ0n) is 9.76. The summed E-state index contributed by atoms with van der Waals surface area (Å²) in [5, 5.41) is 16.3. The van der Waals surface area contributed by atoms with Gasteiger partial charge in [-0.2, -0.15) is 5.26 Å². The molecule has 0 saturated heterocycles. The van der Waals surface area contributed by atoms with E-state index in [9.17, 15) is 4.79 Å². The first kappa shape index (κ1) is 12.5. The highest BCUT2D eigenvalue weighted by Gasteiger charge is 2.28. The first-order valence-corrected chi connectivity index (χ1v) is 7.34. The van der Waals surface area contributed by atoms with Crippen molar-refractivity contribution in [3.05, 3.63) is 38.7 Å². The number of benzene rings is 1. The van der Waals surface area contributed by atoms with E-state index in [0.29, 0.717) is 10.7 Å². The fraction of sp³-hybridized carbons (Fsp3) is 0.250. The summed E-state index contributed by atoms with van der Waals surface area (Å²) in [6.07, 6.45) is 2.02. The highest BCUT2D eigenvalue weighted by molar-refractivity contribution is 9.10. The van der Waals surface area contributed by atoms with Gasteiger partial charge in [-0.25, -0.2) is 9.89 Å². The summed E-state index contributed by atoms with van der Waals surface area (Å²) in [6.45, 7) is 0. The molecule has 0 radical (unpaired) electrons. The zero-order chi connectivity index (χ0) is 13.4. The predicted octanol–water partition coefficient (Wildman–Crippen LogP) is 2.69. The van der Waals surface area contributed by atoms with Gasteiger partial charge in [-0.1, -0.05) is 15.9 Å². The van der Waals surface area contributed by atoms with Crippen molar-refractivity contribution in [1.29, 1.82) is 5.26 Å². The van der Waals surface area contributed by atoms with Crippen molar-refractivity contribution in [2.24, 2.45) is 0 Å². The number of nitrogens with zero attached hydrogens (tertiary/aromatic N) is 3. The van der Waals surface area contributed by atoms with Crippen molar-refractivity contribution in [3.8, 4) is 6.07 Å². The number of nitriles is 1. The minimum atomic E-state index is -0.180. The Bertz CT molecular complexity index is 726. The van der Waals surface area contributed by atoms with Gasteiger partial charge in [0.05, 0.1) is 5.56 Å². The van der Waals surface area contributed by atoms with Crippen LogP contribution >= 0.6 is 27.7 Å². The van der Waals surface area contributed by atoms with E-state index in [4.69, 9.17) is 5.26 Å². The topological polar surface area (TPSA) is 74.5 Å². The molecule has 96 valence electrons. The molecule has 0 unspecified atom stereocenters. The van der Waals surface area contributed by atoms with E-state index in [-0.39, 0.29) is 11.7 Å². The molecule has 0 amide bonds. The summed E-state index contributed by atoms with van der Waals surface area (Å²) < 4.78 is 2.53. The normalized spacial score (nSPS) is 14.3. The monoisotopic (exact) mass is 336 g/mol. The molecule has 0 bridgehead atoms. The molecule has 7 heteroatoms. The number of hydrogen-bond donors (Lipinski definition) is 1. The molecule has 5 nitrogen and oxygen atoms in total. The highest BCUT2D eigenvalue weighted by atomic mass is 79.9. The Hall–Kier alpha value is -1.52. The molecule has 1 heterocycles. The van der Waals surface area contributed by atoms with Crippen LogP contribution in [0, 0.1) is 11.3 Å². The molecule has 1 saturated carbocycles. The molecule has 1 aliphatic rings. The Balaban J connectivity index is 1.98. The van der Waals surface area contributed by atoms with Crippen LogP contribution < -0.4 is 5.69 Å². The molecule has 0 aliphatic heterocycles.